The van der Waals surface area contributed by atoms with E-state index in [9.17, 15) is 8.42 Å². The Morgan fingerprint density at radius 3 is 2.73 bits per heavy atom. The van der Waals surface area contributed by atoms with Gasteiger partial charge in [0.2, 0.25) is 10.0 Å². The third-order valence-electron chi connectivity index (χ3n) is 3.10. The Hall–Kier alpha value is -1.86. The van der Waals surface area contributed by atoms with Crippen LogP contribution in [0.25, 0.3) is 0 Å². The van der Waals surface area contributed by atoms with Crippen molar-refractivity contribution in [3.63, 3.8) is 0 Å². The summed E-state index contributed by atoms with van der Waals surface area (Å²) in [5.41, 5.74) is 0.630. The quantitative estimate of drug-likeness (QED) is 0.747. The first-order chi connectivity index (χ1) is 10.4. The molecular formula is C15H20N2O4S. The van der Waals surface area contributed by atoms with Gasteiger partial charge in [0.25, 0.3) is 0 Å². The van der Waals surface area contributed by atoms with Crippen LogP contribution in [-0.2, 0) is 10.0 Å². The fourth-order valence-electron chi connectivity index (χ4n) is 2.00. The molecule has 0 bridgehead atoms. The summed E-state index contributed by atoms with van der Waals surface area (Å²) in [6.45, 7) is 7.41. The molecule has 0 aromatic heterocycles. The van der Waals surface area contributed by atoms with E-state index in [4.69, 9.17) is 9.47 Å². The molecule has 0 atom stereocenters. The van der Waals surface area contributed by atoms with E-state index in [1.807, 2.05) is 6.92 Å². The molecule has 7 heteroatoms. The van der Waals surface area contributed by atoms with Crippen LogP contribution in [0.2, 0.25) is 0 Å². The van der Waals surface area contributed by atoms with Gasteiger partial charge in [0.1, 0.15) is 13.2 Å². The molecule has 22 heavy (non-hydrogen) atoms. The summed E-state index contributed by atoms with van der Waals surface area (Å²) >= 11 is 0. The Morgan fingerprint density at radius 2 is 2.05 bits per heavy atom. The molecule has 1 aliphatic rings. The summed E-state index contributed by atoms with van der Waals surface area (Å²) < 4.78 is 37.2. The second-order valence-corrected chi connectivity index (χ2v) is 6.90. The van der Waals surface area contributed by atoms with Crippen LogP contribution in [0.5, 0.6) is 11.5 Å². The number of rotatable bonds is 6. The molecule has 0 aliphatic carbocycles. The van der Waals surface area contributed by atoms with Crippen molar-refractivity contribution in [3.8, 4) is 11.5 Å². The number of hydrogen-bond acceptors (Lipinski definition) is 5. The van der Waals surface area contributed by atoms with Crippen LogP contribution in [0, 0.1) is 0 Å². The predicted molar refractivity (Wildman–Crippen MR) is 85.4 cm³/mol. The number of hydrogen-bond donors (Lipinski definition) is 0. The normalized spacial score (nSPS) is 14.5. The zero-order valence-corrected chi connectivity index (χ0v) is 13.6. The maximum absolute atomic E-state index is 12.6. The topological polar surface area (TPSA) is 68.2 Å². The van der Waals surface area contributed by atoms with E-state index in [1.165, 1.54) is 23.5 Å². The van der Waals surface area contributed by atoms with Crippen molar-refractivity contribution < 1.29 is 17.9 Å². The van der Waals surface area contributed by atoms with E-state index in [0.29, 0.717) is 36.8 Å². The Balaban J connectivity index is 2.19. The minimum Gasteiger partial charge on any atom is -0.486 e. The van der Waals surface area contributed by atoms with Gasteiger partial charge in [0, 0.05) is 32.4 Å². The van der Waals surface area contributed by atoms with Crippen LogP contribution in [0.15, 0.2) is 40.2 Å². The molecule has 0 spiro atoms. The van der Waals surface area contributed by atoms with Crippen LogP contribution in [0.3, 0.4) is 0 Å². The van der Waals surface area contributed by atoms with Gasteiger partial charge in [-0.25, -0.2) is 8.42 Å². The molecule has 6 nitrogen and oxygen atoms in total. The highest BCUT2D eigenvalue weighted by molar-refractivity contribution is 7.89. The maximum atomic E-state index is 12.6. The van der Waals surface area contributed by atoms with Gasteiger partial charge < -0.3 is 9.47 Å². The molecule has 1 aliphatic heterocycles. The molecule has 0 saturated carbocycles. The zero-order valence-electron chi connectivity index (χ0n) is 12.8. The molecule has 1 heterocycles. The van der Waals surface area contributed by atoms with Crippen molar-refractivity contribution in [2.45, 2.75) is 11.8 Å². The lowest BCUT2D eigenvalue weighted by molar-refractivity contribution is 0.171. The number of aliphatic imine (C=N–C) groups is 1. The number of sulfonamides is 1. The van der Waals surface area contributed by atoms with E-state index in [0.717, 1.165) is 0 Å². The van der Waals surface area contributed by atoms with Gasteiger partial charge in [-0.1, -0.05) is 6.58 Å². The Kier molecular flexibility index (Phi) is 5.20. The van der Waals surface area contributed by atoms with Crippen molar-refractivity contribution in [2.75, 3.05) is 33.4 Å². The largest absolute Gasteiger partial charge is 0.486 e. The van der Waals surface area contributed by atoms with E-state index in [1.54, 1.807) is 12.3 Å². The zero-order chi connectivity index (χ0) is 16.2. The number of likely N-dealkylation sites (N-methyl/N-ethyl adjacent to an activating group) is 1. The maximum Gasteiger partial charge on any atom is 0.243 e. The van der Waals surface area contributed by atoms with Crippen molar-refractivity contribution in [1.29, 1.82) is 0 Å². The van der Waals surface area contributed by atoms with Crippen molar-refractivity contribution in [1.82, 2.24) is 4.31 Å². The lowest BCUT2D eigenvalue weighted by Gasteiger charge is -2.21. The average Bonchev–Trinajstić information content (AvgIpc) is 2.52. The lowest BCUT2D eigenvalue weighted by atomic mass is 10.3. The molecule has 0 amide bonds. The molecule has 0 N–H and O–H groups in total. The van der Waals surface area contributed by atoms with Crippen LogP contribution < -0.4 is 9.47 Å². The number of benzene rings is 1. The standard InChI is InChI=1S/C15H20N2O4S/c1-4-16-10-12(2)11-17(3)22(18,19)13-5-6-14-15(9-13)21-8-7-20-14/h5-6,9-10H,2,4,7-8,11H2,1,3H3. The summed E-state index contributed by atoms with van der Waals surface area (Å²) in [6, 6.07) is 4.62. The Bertz CT molecular complexity index is 683. The molecule has 0 unspecified atom stereocenters. The summed E-state index contributed by atoms with van der Waals surface area (Å²) in [5.74, 6) is 1.01. The summed E-state index contributed by atoms with van der Waals surface area (Å²) in [6.07, 6.45) is 1.59. The summed E-state index contributed by atoms with van der Waals surface area (Å²) in [4.78, 5) is 4.22. The van der Waals surface area contributed by atoms with Gasteiger partial charge in [-0.15, -0.1) is 0 Å². The van der Waals surface area contributed by atoms with Crippen molar-refractivity contribution in [3.05, 3.63) is 30.4 Å². The highest BCUT2D eigenvalue weighted by Crippen LogP contribution is 2.32. The van der Waals surface area contributed by atoms with Crippen LogP contribution >= 0.6 is 0 Å². The third-order valence-corrected chi connectivity index (χ3v) is 4.90. The summed E-state index contributed by atoms with van der Waals surface area (Å²) in [5, 5.41) is 0. The second kappa shape index (κ2) is 6.93. The SMILES string of the molecule is C=C(C=NCC)CN(C)S(=O)(=O)c1ccc2c(c1)OCCO2. The van der Waals surface area contributed by atoms with E-state index in [2.05, 4.69) is 11.6 Å². The smallest absolute Gasteiger partial charge is 0.243 e. The molecule has 120 valence electrons. The summed E-state index contributed by atoms with van der Waals surface area (Å²) in [7, 11) is -2.11. The first-order valence-electron chi connectivity index (χ1n) is 6.98. The minimum absolute atomic E-state index is 0.166. The van der Waals surface area contributed by atoms with Gasteiger partial charge in [0.05, 0.1) is 4.90 Å². The highest BCUT2D eigenvalue weighted by Gasteiger charge is 2.23. The molecule has 1 aromatic carbocycles. The molecule has 0 radical (unpaired) electrons. The Labute approximate surface area is 131 Å². The van der Waals surface area contributed by atoms with Crippen LogP contribution in [0.1, 0.15) is 6.92 Å². The number of nitrogens with zero attached hydrogens (tertiary/aromatic N) is 2. The van der Waals surface area contributed by atoms with Gasteiger partial charge in [-0.3, -0.25) is 4.99 Å². The molecule has 2 rings (SSSR count). The van der Waals surface area contributed by atoms with Crippen molar-refractivity contribution >= 4 is 16.2 Å². The van der Waals surface area contributed by atoms with Gasteiger partial charge in [-0.05, 0) is 24.6 Å². The minimum atomic E-state index is -3.62. The van der Waals surface area contributed by atoms with E-state index < -0.39 is 10.0 Å². The lowest BCUT2D eigenvalue weighted by Crippen LogP contribution is -2.29. The average molecular weight is 324 g/mol. The first kappa shape index (κ1) is 16.5. The molecule has 0 fully saturated rings. The fraction of sp³-hybridized carbons (Fsp3) is 0.400. The second-order valence-electron chi connectivity index (χ2n) is 4.85. The number of fused-ring (bicyclic) bond motifs is 1. The van der Waals surface area contributed by atoms with Crippen LogP contribution in [-0.4, -0.2) is 52.3 Å². The molecule has 0 saturated heterocycles. The fourth-order valence-corrected chi connectivity index (χ4v) is 3.19. The highest BCUT2D eigenvalue weighted by atomic mass is 32.2. The van der Waals surface area contributed by atoms with Gasteiger partial charge >= 0.3 is 0 Å². The molecular weight excluding hydrogens is 304 g/mol. The van der Waals surface area contributed by atoms with Crippen LogP contribution in [0.4, 0.5) is 0 Å². The van der Waals surface area contributed by atoms with E-state index in [-0.39, 0.29) is 11.4 Å². The third kappa shape index (κ3) is 3.66. The molecule has 1 aromatic rings. The van der Waals surface area contributed by atoms with Gasteiger partial charge in [0.15, 0.2) is 11.5 Å². The first-order valence-corrected chi connectivity index (χ1v) is 8.42. The van der Waals surface area contributed by atoms with E-state index >= 15 is 0 Å². The van der Waals surface area contributed by atoms with Crippen molar-refractivity contribution in [2.24, 2.45) is 4.99 Å². The predicted octanol–water partition coefficient (Wildman–Crippen LogP) is 1.73. The monoisotopic (exact) mass is 324 g/mol. The Morgan fingerprint density at radius 1 is 1.36 bits per heavy atom. The number of ether oxygens (including phenoxy) is 2. The van der Waals surface area contributed by atoms with Gasteiger partial charge in [-0.2, -0.15) is 4.31 Å².